The monoisotopic (exact) mass is 766 g/mol. The number of carbonyl (C=O) groups excluding carboxylic acids is 1. The van der Waals surface area contributed by atoms with Gasteiger partial charge in [-0.25, -0.2) is 0 Å². The van der Waals surface area contributed by atoms with E-state index in [1.54, 1.807) is 0 Å². The largest absolute Gasteiger partial charge is 0.756 e. The number of unbranched alkanes of at least 4 members (excludes halogenated alkanes) is 14. The molecule has 0 saturated carbocycles. The van der Waals surface area contributed by atoms with Crippen LogP contribution in [0.5, 0.6) is 0 Å². The molecule has 53 heavy (non-hydrogen) atoms. The first kappa shape index (κ1) is 51.2. The Hall–Kier alpha value is -1.80. The van der Waals surface area contributed by atoms with Gasteiger partial charge in [0.05, 0.1) is 34.4 Å². The Bertz CT molecular complexity index is 1030. The Morgan fingerprint density at radius 3 is 1.64 bits per heavy atom. The molecule has 0 aliphatic heterocycles. The van der Waals surface area contributed by atoms with Crippen LogP contribution in [0.15, 0.2) is 60.8 Å². The molecular weight excluding hydrogens is 685 g/mol. The van der Waals surface area contributed by atoms with E-state index in [4.69, 9.17) is 18.5 Å². The van der Waals surface area contributed by atoms with Crippen molar-refractivity contribution in [1.82, 2.24) is 0 Å². The fraction of sp³-hybridized carbons (Fsp3) is 0.750. The lowest BCUT2D eigenvalue weighted by Crippen LogP contribution is -2.37. The van der Waals surface area contributed by atoms with Crippen LogP contribution in [-0.2, 0) is 27.9 Å². The van der Waals surface area contributed by atoms with Crippen molar-refractivity contribution in [3.63, 3.8) is 0 Å². The van der Waals surface area contributed by atoms with Gasteiger partial charge >= 0.3 is 5.97 Å². The standard InChI is InChI=1S/C44H80NO7P/c1-6-8-10-12-14-16-18-20-21-22-23-24-26-28-30-32-34-36-39-49-41-43(42-51-53(47,48)50-40-38-45(3,4)5)52-44(46)37-35-33-31-29-27-25-19-17-15-13-11-9-7-2/h9,11,15,17,20-21,25,27,31,33,43H,6-8,10,12-14,16,18-19,22-24,26,28-30,32,34-42H2,1-5H3/b11-9-,17-15-,21-20-,27-25-,33-31-. The summed E-state index contributed by atoms with van der Waals surface area (Å²) in [7, 11) is 1.30. The highest BCUT2D eigenvalue weighted by atomic mass is 31.2. The minimum absolute atomic E-state index is 0.0107. The van der Waals surface area contributed by atoms with Crippen molar-refractivity contribution in [3.8, 4) is 0 Å². The normalized spacial score (nSPS) is 14.5. The van der Waals surface area contributed by atoms with E-state index >= 15 is 0 Å². The van der Waals surface area contributed by atoms with Gasteiger partial charge in [-0.2, -0.15) is 0 Å². The van der Waals surface area contributed by atoms with Crippen LogP contribution in [0, 0.1) is 0 Å². The van der Waals surface area contributed by atoms with Crippen LogP contribution in [0.2, 0.25) is 0 Å². The van der Waals surface area contributed by atoms with Crippen LogP contribution in [0.3, 0.4) is 0 Å². The number of hydrogen-bond donors (Lipinski definition) is 0. The quantitative estimate of drug-likeness (QED) is 0.0203. The van der Waals surface area contributed by atoms with Crippen LogP contribution in [0.4, 0.5) is 0 Å². The predicted molar refractivity (Wildman–Crippen MR) is 222 cm³/mol. The summed E-state index contributed by atoms with van der Waals surface area (Å²) >= 11 is 0. The summed E-state index contributed by atoms with van der Waals surface area (Å²) in [6.07, 6.45) is 45.4. The maximum Gasteiger partial charge on any atom is 0.306 e. The van der Waals surface area contributed by atoms with Crippen LogP contribution >= 0.6 is 7.82 Å². The maximum atomic E-state index is 12.6. The van der Waals surface area contributed by atoms with Crippen molar-refractivity contribution in [2.24, 2.45) is 0 Å². The minimum atomic E-state index is -4.54. The van der Waals surface area contributed by atoms with Crippen LogP contribution in [0.1, 0.15) is 155 Å². The lowest BCUT2D eigenvalue weighted by atomic mass is 10.1. The van der Waals surface area contributed by atoms with Crippen molar-refractivity contribution in [2.45, 2.75) is 161 Å². The molecule has 0 rings (SSSR count). The first-order chi connectivity index (χ1) is 25.6. The summed E-state index contributed by atoms with van der Waals surface area (Å²) < 4.78 is 34.4. The number of nitrogens with zero attached hydrogens (tertiary/aromatic N) is 1. The number of ether oxygens (including phenoxy) is 2. The number of carbonyl (C=O) groups is 1. The molecule has 0 bridgehead atoms. The third kappa shape index (κ3) is 41.2. The van der Waals surface area contributed by atoms with E-state index in [-0.39, 0.29) is 26.2 Å². The fourth-order valence-electron chi connectivity index (χ4n) is 5.32. The molecule has 8 nitrogen and oxygen atoms in total. The van der Waals surface area contributed by atoms with Crippen LogP contribution < -0.4 is 4.89 Å². The van der Waals surface area contributed by atoms with Crippen molar-refractivity contribution in [2.75, 3.05) is 54.1 Å². The molecule has 0 N–H and O–H groups in total. The van der Waals surface area contributed by atoms with E-state index in [9.17, 15) is 14.3 Å². The average Bonchev–Trinajstić information content (AvgIpc) is 3.11. The van der Waals surface area contributed by atoms with Gasteiger partial charge in [-0.3, -0.25) is 9.36 Å². The molecule has 0 aliphatic rings. The Kier molecular flexibility index (Phi) is 35.9. The molecule has 0 heterocycles. The number of quaternary nitrogens is 1. The van der Waals surface area contributed by atoms with E-state index in [1.807, 2.05) is 33.3 Å². The average molecular weight is 766 g/mol. The zero-order chi connectivity index (χ0) is 39.1. The molecule has 0 amide bonds. The zero-order valence-corrected chi connectivity index (χ0v) is 35.6. The molecule has 9 heteroatoms. The van der Waals surface area contributed by atoms with Gasteiger partial charge in [-0.1, -0.05) is 145 Å². The van der Waals surface area contributed by atoms with Gasteiger partial charge in [-0.05, 0) is 64.2 Å². The lowest BCUT2D eigenvalue weighted by Gasteiger charge is -2.28. The molecule has 0 aromatic heterocycles. The molecule has 308 valence electrons. The Labute approximate surface area is 326 Å². The summed E-state index contributed by atoms with van der Waals surface area (Å²) in [6.45, 7) is 5.17. The SMILES string of the molecule is CC/C=C\C/C=C\C/C=C\C/C=C\CCC(=O)OC(COCCCCCCCCCC/C=C\CCCCCCCC)COP(=O)([O-])OCC[N+](C)(C)C. The Balaban J connectivity index is 4.32. The second kappa shape index (κ2) is 37.1. The number of hydrogen-bond acceptors (Lipinski definition) is 7. The zero-order valence-electron chi connectivity index (χ0n) is 34.7. The number of allylic oxidation sites excluding steroid dienone is 10. The van der Waals surface area contributed by atoms with Gasteiger partial charge < -0.3 is 27.9 Å². The lowest BCUT2D eigenvalue weighted by molar-refractivity contribution is -0.870. The topological polar surface area (TPSA) is 94.1 Å². The second-order valence-corrected chi connectivity index (χ2v) is 16.4. The highest BCUT2D eigenvalue weighted by Crippen LogP contribution is 2.38. The van der Waals surface area contributed by atoms with Gasteiger partial charge in [0.15, 0.2) is 0 Å². The van der Waals surface area contributed by atoms with E-state index in [1.165, 1.54) is 89.9 Å². The van der Waals surface area contributed by atoms with E-state index in [0.717, 1.165) is 38.5 Å². The molecule has 0 spiro atoms. The summed E-state index contributed by atoms with van der Waals surface area (Å²) in [5, 5.41) is 0. The first-order valence-corrected chi connectivity index (χ1v) is 22.5. The molecule has 0 aromatic carbocycles. The molecule has 0 aliphatic carbocycles. The van der Waals surface area contributed by atoms with Crippen molar-refractivity contribution in [1.29, 1.82) is 0 Å². The molecule has 0 aromatic rings. The number of esters is 1. The molecular formula is C44H80NO7P. The van der Waals surface area contributed by atoms with Gasteiger partial charge in [0.2, 0.25) is 0 Å². The molecule has 2 atom stereocenters. The number of phosphoric acid groups is 1. The summed E-state index contributed by atoms with van der Waals surface area (Å²) in [6, 6.07) is 0. The van der Waals surface area contributed by atoms with Gasteiger partial charge in [0.1, 0.15) is 19.3 Å². The summed E-state index contributed by atoms with van der Waals surface area (Å²) in [5.41, 5.74) is 0. The van der Waals surface area contributed by atoms with Gasteiger partial charge in [0, 0.05) is 13.0 Å². The summed E-state index contributed by atoms with van der Waals surface area (Å²) in [4.78, 5) is 24.9. The Morgan fingerprint density at radius 1 is 0.604 bits per heavy atom. The molecule has 0 saturated heterocycles. The molecule has 0 fully saturated rings. The third-order valence-corrected chi connectivity index (χ3v) is 9.53. The maximum absolute atomic E-state index is 12.6. The number of rotatable bonds is 38. The second-order valence-electron chi connectivity index (χ2n) is 15.0. The smallest absolute Gasteiger partial charge is 0.306 e. The first-order valence-electron chi connectivity index (χ1n) is 21.0. The van der Waals surface area contributed by atoms with Crippen molar-refractivity contribution >= 4 is 13.8 Å². The number of likely N-dealkylation sites (N-methyl/N-ethyl adjacent to an activating group) is 1. The fourth-order valence-corrected chi connectivity index (χ4v) is 6.05. The molecule has 2 unspecified atom stereocenters. The number of phosphoric ester groups is 1. The highest BCUT2D eigenvalue weighted by molar-refractivity contribution is 7.45. The van der Waals surface area contributed by atoms with Gasteiger partial charge in [-0.15, -0.1) is 0 Å². The third-order valence-electron chi connectivity index (χ3n) is 8.57. The predicted octanol–water partition coefficient (Wildman–Crippen LogP) is 11.5. The van der Waals surface area contributed by atoms with Crippen molar-refractivity contribution in [3.05, 3.63) is 60.8 Å². The van der Waals surface area contributed by atoms with Crippen LogP contribution in [-0.4, -0.2) is 70.7 Å². The summed E-state index contributed by atoms with van der Waals surface area (Å²) in [5.74, 6) is -0.416. The van der Waals surface area contributed by atoms with Crippen LogP contribution in [0.25, 0.3) is 0 Å². The minimum Gasteiger partial charge on any atom is -0.756 e. The van der Waals surface area contributed by atoms with E-state index in [2.05, 4.69) is 62.5 Å². The van der Waals surface area contributed by atoms with E-state index < -0.39 is 19.9 Å². The Morgan fingerprint density at radius 2 is 1.09 bits per heavy atom. The van der Waals surface area contributed by atoms with E-state index in [0.29, 0.717) is 24.1 Å². The van der Waals surface area contributed by atoms with Crippen molar-refractivity contribution < 1.29 is 37.3 Å². The molecule has 0 radical (unpaired) electrons. The highest BCUT2D eigenvalue weighted by Gasteiger charge is 2.20. The van der Waals surface area contributed by atoms with Gasteiger partial charge in [0.25, 0.3) is 7.82 Å².